The van der Waals surface area contributed by atoms with E-state index in [0.29, 0.717) is 5.92 Å². The predicted octanol–water partition coefficient (Wildman–Crippen LogP) is 4.08. The van der Waals surface area contributed by atoms with Crippen molar-refractivity contribution in [1.29, 1.82) is 0 Å². The minimum atomic E-state index is -0.113. The number of carbonyl (C=O) groups excluding carboxylic acids is 1. The van der Waals surface area contributed by atoms with Crippen molar-refractivity contribution in [3.05, 3.63) is 35.9 Å². The van der Waals surface area contributed by atoms with Gasteiger partial charge in [0.15, 0.2) is 0 Å². The quantitative estimate of drug-likeness (QED) is 0.797. The zero-order valence-electron chi connectivity index (χ0n) is 11.1. The number of benzene rings is 1. The highest BCUT2D eigenvalue weighted by molar-refractivity contribution is 7.96. The van der Waals surface area contributed by atoms with Gasteiger partial charge in [-0.05, 0) is 31.7 Å². The molecule has 0 spiro atoms. The van der Waals surface area contributed by atoms with E-state index in [0.717, 1.165) is 19.4 Å². The van der Waals surface area contributed by atoms with Gasteiger partial charge in [0, 0.05) is 18.0 Å². The van der Waals surface area contributed by atoms with Crippen LogP contribution in [0.15, 0.2) is 30.3 Å². The Bertz CT molecular complexity index is 420. The third-order valence-electron chi connectivity index (χ3n) is 4.39. The Labute approximate surface area is 115 Å². The molecule has 1 heterocycles. The van der Waals surface area contributed by atoms with Gasteiger partial charge < -0.3 is 4.90 Å². The van der Waals surface area contributed by atoms with E-state index in [2.05, 4.69) is 50.7 Å². The lowest BCUT2D eigenvalue weighted by Crippen LogP contribution is -2.53. The van der Waals surface area contributed by atoms with E-state index < -0.39 is 0 Å². The SMILES string of the molecule is CC(c1ccccc1)C1(C)CCCCN1C(=O)S. The van der Waals surface area contributed by atoms with Gasteiger partial charge in [-0.3, -0.25) is 4.79 Å². The topological polar surface area (TPSA) is 20.3 Å². The monoisotopic (exact) mass is 263 g/mol. The molecule has 2 atom stereocenters. The van der Waals surface area contributed by atoms with Crippen LogP contribution >= 0.6 is 12.6 Å². The van der Waals surface area contributed by atoms with Gasteiger partial charge in [0.25, 0.3) is 5.24 Å². The van der Waals surface area contributed by atoms with Crippen LogP contribution in [0.4, 0.5) is 4.79 Å². The molecular weight excluding hydrogens is 242 g/mol. The van der Waals surface area contributed by atoms with Gasteiger partial charge in [0.1, 0.15) is 0 Å². The molecular formula is C15H21NOS. The van der Waals surface area contributed by atoms with E-state index in [-0.39, 0.29) is 10.8 Å². The Morgan fingerprint density at radius 3 is 2.61 bits per heavy atom. The van der Waals surface area contributed by atoms with Crippen molar-refractivity contribution >= 4 is 17.9 Å². The summed E-state index contributed by atoms with van der Waals surface area (Å²) in [5, 5.41) is -0.0972. The molecule has 0 N–H and O–H groups in total. The average Bonchev–Trinajstić information content (AvgIpc) is 2.39. The fourth-order valence-electron chi connectivity index (χ4n) is 3.01. The smallest absolute Gasteiger partial charge is 0.279 e. The lowest BCUT2D eigenvalue weighted by Gasteiger charge is -2.48. The summed E-state index contributed by atoms with van der Waals surface area (Å²) < 4.78 is 0. The van der Waals surface area contributed by atoms with Crippen LogP contribution in [-0.2, 0) is 0 Å². The van der Waals surface area contributed by atoms with Crippen LogP contribution in [0, 0.1) is 0 Å². The van der Waals surface area contributed by atoms with E-state index in [1.165, 1.54) is 12.0 Å². The summed E-state index contributed by atoms with van der Waals surface area (Å²) in [6.45, 7) is 5.23. The standard InChI is InChI=1S/C15H21NOS/c1-12(13-8-4-3-5-9-13)15(2)10-6-7-11-16(15)14(17)18/h3-5,8-9,12H,6-7,10-11H2,1-2H3,(H,17,18). The third-order valence-corrected chi connectivity index (χ3v) is 4.64. The van der Waals surface area contributed by atoms with Crippen LogP contribution in [-0.4, -0.2) is 22.2 Å². The number of nitrogens with zero attached hydrogens (tertiary/aromatic N) is 1. The van der Waals surface area contributed by atoms with E-state index in [1.54, 1.807) is 0 Å². The Balaban J connectivity index is 2.30. The summed E-state index contributed by atoms with van der Waals surface area (Å²) >= 11 is 4.05. The minimum Gasteiger partial charge on any atom is -0.328 e. The first kappa shape index (κ1) is 13.5. The zero-order valence-corrected chi connectivity index (χ0v) is 12.0. The molecule has 98 valence electrons. The van der Waals surface area contributed by atoms with Crippen LogP contribution < -0.4 is 0 Å². The molecule has 3 heteroatoms. The lowest BCUT2D eigenvalue weighted by atomic mass is 9.75. The summed E-state index contributed by atoms with van der Waals surface area (Å²) in [7, 11) is 0. The molecule has 0 radical (unpaired) electrons. The molecule has 2 rings (SSSR count). The van der Waals surface area contributed by atoms with E-state index in [9.17, 15) is 4.79 Å². The number of hydrogen-bond acceptors (Lipinski definition) is 1. The van der Waals surface area contributed by atoms with Crippen molar-refractivity contribution in [2.24, 2.45) is 0 Å². The summed E-state index contributed by atoms with van der Waals surface area (Å²) in [5.41, 5.74) is 1.18. The fourth-order valence-corrected chi connectivity index (χ4v) is 3.34. The molecule has 1 aromatic rings. The maximum Gasteiger partial charge on any atom is 0.279 e. The number of rotatable bonds is 2. The molecule has 2 nitrogen and oxygen atoms in total. The molecule has 0 saturated carbocycles. The first-order chi connectivity index (χ1) is 8.55. The molecule has 0 aliphatic carbocycles. The van der Waals surface area contributed by atoms with Gasteiger partial charge >= 0.3 is 0 Å². The highest BCUT2D eigenvalue weighted by Crippen LogP contribution is 2.40. The summed E-state index contributed by atoms with van der Waals surface area (Å²) in [5.74, 6) is 0.329. The Hall–Kier alpha value is -0.960. The highest BCUT2D eigenvalue weighted by atomic mass is 32.1. The largest absolute Gasteiger partial charge is 0.328 e. The van der Waals surface area contributed by atoms with Gasteiger partial charge in [-0.25, -0.2) is 0 Å². The number of hydrogen-bond donors (Lipinski definition) is 1. The maximum atomic E-state index is 11.7. The van der Waals surface area contributed by atoms with Crippen molar-refractivity contribution in [1.82, 2.24) is 4.90 Å². The second kappa shape index (κ2) is 5.35. The molecule has 18 heavy (non-hydrogen) atoms. The van der Waals surface area contributed by atoms with Gasteiger partial charge in [0.05, 0.1) is 0 Å². The van der Waals surface area contributed by atoms with Crippen LogP contribution in [0.2, 0.25) is 0 Å². The number of thiol groups is 1. The van der Waals surface area contributed by atoms with Crippen LogP contribution in [0.3, 0.4) is 0 Å². The normalized spacial score (nSPS) is 25.8. The molecule has 0 aromatic heterocycles. The van der Waals surface area contributed by atoms with Gasteiger partial charge in [-0.2, -0.15) is 0 Å². The van der Waals surface area contributed by atoms with Crippen LogP contribution in [0.1, 0.15) is 44.6 Å². The van der Waals surface area contributed by atoms with E-state index in [4.69, 9.17) is 0 Å². The molecule has 2 unspecified atom stereocenters. The van der Waals surface area contributed by atoms with E-state index in [1.807, 2.05) is 11.0 Å². The Kier molecular flexibility index (Phi) is 4.00. The van der Waals surface area contributed by atoms with Gasteiger partial charge in [-0.1, -0.05) is 49.9 Å². The van der Waals surface area contributed by atoms with Crippen molar-refractivity contribution in [2.45, 2.75) is 44.6 Å². The van der Waals surface area contributed by atoms with Crippen molar-refractivity contribution in [3.63, 3.8) is 0 Å². The molecule has 1 aromatic carbocycles. The maximum absolute atomic E-state index is 11.7. The van der Waals surface area contributed by atoms with Crippen molar-refractivity contribution in [2.75, 3.05) is 6.54 Å². The number of carbonyl (C=O) groups is 1. The highest BCUT2D eigenvalue weighted by Gasteiger charge is 2.41. The molecule has 0 bridgehead atoms. The first-order valence-electron chi connectivity index (χ1n) is 6.61. The third kappa shape index (κ3) is 2.41. The number of piperidine rings is 1. The van der Waals surface area contributed by atoms with Crippen molar-refractivity contribution < 1.29 is 4.79 Å². The fraction of sp³-hybridized carbons (Fsp3) is 0.533. The molecule has 1 aliphatic heterocycles. The zero-order chi connectivity index (χ0) is 13.2. The summed E-state index contributed by atoms with van der Waals surface area (Å²) in [6.07, 6.45) is 3.32. The van der Waals surface area contributed by atoms with Gasteiger partial charge in [0.2, 0.25) is 0 Å². The summed E-state index contributed by atoms with van der Waals surface area (Å²) in [4.78, 5) is 13.7. The van der Waals surface area contributed by atoms with Gasteiger partial charge in [-0.15, -0.1) is 0 Å². The summed E-state index contributed by atoms with van der Waals surface area (Å²) in [6, 6.07) is 10.4. The Morgan fingerprint density at radius 1 is 1.33 bits per heavy atom. The van der Waals surface area contributed by atoms with Crippen molar-refractivity contribution in [3.8, 4) is 0 Å². The average molecular weight is 263 g/mol. The van der Waals surface area contributed by atoms with E-state index >= 15 is 0 Å². The first-order valence-corrected chi connectivity index (χ1v) is 7.06. The number of likely N-dealkylation sites (tertiary alicyclic amines) is 1. The minimum absolute atomic E-state index is 0.0972. The second-order valence-corrected chi connectivity index (χ2v) is 5.76. The van der Waals surface area contributed by atoms with Crippen LogP contribution in [0.5, 0.6) is 0 Å². The molecule has 1 saturated heterocycles. The predicted molar refractivity (Wildman–Crippen MR) is 78.2 cm³/mol. The lowest BCUT2D eigenvalue weighted by molar-refractivity contribution is 0.0859. The van der Waals surface area contributed by atoms with Crippen LogP contribution in [0.25, 0.3) is 0 Å². The number of amides is 1. The molecule has 1 fully saturated rings. The second-order valence-electron chi connectivity index (χ2n) is 5.38. The molecule has 1 amide bonds. The molecule has 1 aliphatic rings. The Morgan fingerprint density at radius 2 is 2.00 bits per heavy atom.